The Morgan fingerprint density at radius 1 is 1.29 bits per heavy atom. The van der Waals surface area contributed by atoms with E-state index in [-0.39, 0.29) is 12.5 Å². The maximum atomic E-state index is 12.3. The van der Waals surface area contributed by atoms with Crippen molar-refractivity contribution in [2.45, 2.75) is 26.4 Å². The number of rotatable bonds is 3. The Morgan fingerprint density at radius 3 is 3.12 bits per heavy atom. The molecule has 0 saturated carbocycles. The average Bonchev–Trinajstić information content (AvgIpc) is 2.96. The Balaban J connectivity index is 1.50. The lowest BCUT2D eigenvalue weighted by atomic mass is 10.1. The number of hydrogen-bond donors (Lipinski definition) is 2. The van der Waals surface area contributed by atoms with E-state index in [4.69, 9.17) is 0 Å². The minimum Gasteiger partial charge on any atom is -0.323 e. The largest absolute Gasteiger partial charge is 0.323 e. The SMILES string of the molecule is Cc1cnc2c(cnn2CC(=O)Nc2cnc3c(c2)CNCC3)c1. The van der Waals surface area contributed by atoms with E-state index in [0.717, 1.165) is 41.7 Å². The van der Waals surface area contributed by atoms with Crippen LogP contribution in [0.4, 0.5) is 5.69 Å². The van der Waals surface area contributed by atoms with Crippen molar-refractivity contribution in [2.75, 3.05) is 11.9 Å². The van der Waals surface area contributed by atoms with Crippen LogP contribution in [0.1, 0.15) is 16.8 Å². The van der Waals surface area contributed by atoms with E-state index in [1.54, 1.807) is 23.3 Å². The summed E-state index contributed by atoms with van der Waals surface area (Å²) in [5, 5.41) is 11.4. The monoisotopic (exact) mass is 322 g/mol. The molecule has 0 fully saturated rings. The van der Waals surface area contributed by atoms with Crippen molar-refractivity contribution in [3.05, 3.63) is 47.5 Å². The molecule has 1 amide bonds. The highest BCUT2D eigenvalue weighted by atomic mass is 16.2. The zero-order valence-corrected chi connectivity index (χ0v) is 13.4. The fourth-order valence-corrected chi connectivity index (χ4v) is 2.95. The van der Waals surface area contributed by atoms with Crippen LogP contribution in [-0.4, -0.2) is 32.2 Å². The van der Waals surface area contributed by atoms with Crippen molar-refractivity contribution in [3.8, 4) is 0 Å². The number of nitrogens with zero attached hydrogens (tertiary/aromatic N) is 4. The van der Waals surface area contributed by atoms with Gasteiger partial charge < -0.3 is 10.6 Å². The maximum absolute atomic E-state index is 12.3. The van der Waals surface area contributed by atoms with E-state index < -0.39 is 0 Å². The fourth-order valence-electron chi connectivity index (χ4n) is 2.95. The van der Waals surface area contributed by atoms with Gasteiger partial charge in [0.2, 0.25) is 5.91 Å². The number of aromatic nitrogens is 4. The highest BCUT2D eigenvalue weighted by Crippen LogP contribution is 2.17. The first-order valence-electron chi connectivity index (χ1n) is 7.95. The van der Waals surface area contributed by atoms with Gasteiger partial charge in [-0.1, -0.05) is 0 Å². The van der Waals surface area contributed by atoms with Crippen molar-refractivity contribution in [3.63, 3.8) is 0 Å². The first kappa shape index (κ1) is 14.8. The summed E-state index contributed by atoms with van der Waals surface area (Å²) in [5.41, 5.74) is 4.73. The molecule has 0 aromatic carbocycles. The maximum Gasteiger partial charge on any atom is 0.246 e. The summed E-state index contributed by atoms with van der Waals surface area (Å²) < 4.78 is 1.61. The van der Waals surface area contributed by atoms with Crippen molar-refractivity contribution >= 4 is 22.6 Å². The smallest absolute Gasteiger partial charge is 0.246 e. The molecule has 24 heavy (non-hydrogen) atoms. The van der Waals surface area contributed by atoms with Crippen LogP contribution in [0.25, 0.3) is 11.0 Å². The van der Waals surface area contributed by atoms with E-state index in [9.17, 15) is 4.79 Å². The molecule has 3 aromatic heterocycles. The molecule has 4 heterocycles. The van der Waals surface area contributed by atoms with Gasteiger partial charge in [-0.15, -0.1) is 0 Å². The highest BCUT2D eigenvalue weighted by molar-refractivity contribution is 5.91. The Kier molecular flexibility index (Phi) is 3.70. The highest BCUT2D eigenvalue weighted by Gasteiger charge is 2.13. The number of carbonyl (C=O) groups is 1. The van der Waals surface area contributed by atoms with Gasteiger partial charge in [0.1, 0.15) is 6.54 Å². The summed E-state index contributed by atoms with van der Waals surface area (Å²) in [6, 6.07) is 3.99. The van der Waals surface area contributed by atoms with Crippen molar-refractivity contribution in [1.82, 2.24) is 25.1 Å². The predicted octanol–water partition coefficient (Wildman–Crippen LogP) is 1.42. The zero-order valence-electron chi connectivity index (χ0n) is 13.4. The zero-order chi connectivity index (χ0) is 16.5. The quantitative estimate of drug-likeness (QED) is 0.762. The molecular weight excluding hydrogens is 304 g/mol. The molecule has 0 atom stereocenters. The molecule has 1 aliphatic heterocycles. The molecule has 3 aromatic rings. The van der Waals surface area contributed by atoms with Crippen molar-refractivity contribution < 1.29 is 4.79 Å². The molecule has 0 unspecified atom stereocenters. The number of pyridine rings is 2. The molecule has 0 bridgehead atoms. The lowest BCUT2D eigenvalue weighted by Gasteiger charge is -2.17. The molecule has 0 radical (unpaired) electrons. The summed E-state index contributed by atoms with van der Waals surface area (Å²) in [6.45, 7) is 3.84. The normalized spacial score (nSPS) is 13.7. The van der Waals surface area contributed by atoms with Crippen LogP contribution in [0, 0.1) is 6.92 Å². The van der Waals surface area contributed by atoms with Gasteiger partial charge in [-0.25, -0.2) is 9.67 Å². The number of hydrogen-bond acceptors (Lipinski definition) is 5. The number of aryl methyl sites for hydroxylation is 1. The second-order valence-electron chi connectivity index (χ2n) is 6.03. The number of carbonyl (C=O) groups excluding carboxylic acids is 1. The average molecular weight is 322 g/mol. The van der Waals surface area contributed by atoms with Crippen LogP contribution in [-0.2, 0) is 24.3 Å². The van der Waals surface area contributed by atoms with Gasteiger partial charge in [0, 0.05) is 36.8 Å². The first-order valence-corrected chi connectivity index (χ1v) is 7.95. The fraction of sp³-hybridized carbons (Fsp3) is 0.294. The molecule has 0 spiro atoms. The minimum absolute atomic E-state index is 0.120. The predicted molar refractivity (Wildman–Crippen MR) is 90.5 cm³/mol. The number of nitrogens with one attached hydrogen (secondary N) is 2. The Hall–Kier alpha value is -2.80. The molecule has 2 N–H and O–H groups in total. The second-order valence-corrected chi connectivity index (χ2v) is 6.03. The number of fused-ring (bicyclic) bond motifs is 2. The van der Waals surface area contributed by atoms with Crippen LogP contribution in [0.3, 0.4) is 0 Å². The van der Waals surface area contributed by atoms with Crippen molar-refractivity contribution in [2.24, 2.45) is 0 Å². The summed E-state index contributed by atoms with van der Waals surface area (Å²) in [4.78, 5) is 21.1. The van der Waals surface area contributed by atoms with E-state index in [1.807, 2.05) is 19.1 Å². The molecule has 122 valence electrons. The summed E-state index contributed by atoms with van der Waals surface area (Å²) >= 11 is 0. The van der Waals surface area contributed by atoms with Gasteiger partial charge in [-0.05, 0) is 30.2 Å². The van der Waals surface area contributed by atoms with Crippen LogP contribution in [0.5, 0.6) is 0 Å². The molecular formula is C17H18N6O. The van der Waals surface area contributed by atoms with Crippen LogP contribution in [0.15, 0.2) is 30.7 Å². The van der Waals surface area contributed by atoms with E-state index >= 15 is 0 Å². The van der Waals surface area contributed by atoms with E-state index in [1.165, 1.54) is 0 Å². The topological polar surface area (TPSA) is 84.7 Å². The first-order chi connectivity index (χ1) is 11.7. The van der Waals surface area contributed by atoms with E-state index in [2.05, 4.69) is 25.7 Å². The van der Waals surface area contributed by atoms with E-state index in [0.29, 0.717) is 11.3 Å². The second kappa shape index (κ2) is 6.01. The van der Waals surface area contributed by atoms with Gasteiger partial charge in [0.15, 0.2) is 5.65 Å². The lowest BCUT2D eigenvalue weighted by molar-refractivity contribution is -0.116. The van der Waals surface area contributed by atoms with Gasteiger partial charge in [-0.3, -0.25) is 9.78 Å². The van der Waals surface area contributed by atoms with Gasteiger partial charge >= 0.3 is 0 Å². The Labute approximate surface area is 139 Å². The minimum atomic E-state index is -0.145. The summed E-state index contributed by atoms with van der Waals surface area (Å²) in [7, 11) is 0. The number of amides is 1. The summed E-state index contributed by atoms with van der Waals surface area (Å²) in [5.74, 6) is -0.145. The van der Waals surface area contributed by atoms with Crippen LogP contribution in [0.2, 0.25) is 0 Å². The third-order valence-electron chi connectivity index (χ3n) is 4.10. The molecule has 0 aliphatic carbocycles. The third kappa shape index (κ3) is 2.85. The molecule has 1 aliphatic rings. The standard InChI is InChI=1S/C17H18N6O/c1-11-4-13-8-21-23(17(13)20-6-11)10-16(24)22-14-5-12-7-18-3-2-15(12)19-9-14/h4-6,8-9,18H,2-3,7,10H2,1H3,(H,22,24). The van der Waals surface area contributed by atoms with Gasteiger partial charge in [0.05, 0.1) is 18.1 Å². The molecule has 0 saturated heterocycles. The van der Waals surface area contributed by atoms with Crippen LogP contribution >= 0.6 is 0 Å². The summed E-state index contributed by atoms with van der Waals surface area (Å²) in [6.07, 6.45) is 6.15. The Morgan fingerprint density at radius 2 is 2.21 bits per heavy atom. The van der Waals surface area contributed by atoms with Gasteiger partial charge in [-0.2, -0.15) is 5.10 Å². The van der Waals surface area contributed by atoms with Crippen LogP contribution < -0.4 is 10.6 Å². The van der Waals surface area contributed by atoms with Gasteiger partial charge in [0.25, 0.3) is 0 Å². The van der Waals surface area contributed by atoms with Crippen molar-refractivity contribution in [1.29, 1.82) is 0 Å². The molecule has 4 rings (SSSR count). The number of anilines is 1. The third-order valence-corrected chi connectivity index (χ3v) is 4.10. The lowest BCUT2D eigenvalue weighted by Crippen LogP contribution is -2.25. The molecule has 7 nitrogen and oxygen atoms in total. The Bertz CT molecular complexity index is 917. The molecule has 7 heteroatoms.